The highest BCUT2D eigenvalue weighted by molar-refractivity contribution is 5.71. The molecule has 0 aromatic carbocycles. The molecule has 0 atom stereocenters. The molecule has 2 amide bonds. The molecule has 0 unspecified atom stereocenters. The number of amides is 2. The van der Waals surface area contributed by atoms with Crippen LogP contribution in [-0.2, 0) is 4.74 Å². The average molecular weight is 158 g/mol. The first-order chi connectivity index (χ1) is 5.16. The van der Waals surface area contributed by atoms with E-state index >= 15 is 0 Å². The number of hydrogen-bond donors (Lipinski definition) is 1. The molecule has 0 aliphatic rings. The van der Waals surface area contributed by atoms with Crippen LogP contribution in [0.3, 0.4) is 0 Å². The molecule has 0 aromatic rings. The van der Waals surface area contributed by atoms with Crippen LogP contribution in [0.25, 0.3) is 0 Å². The average Bonchev–Trinajstić information content (AvgIpc) is 1.97. The fourth-order valence-electron chi connectivity index (χ4n) is 0.243. The van der Waals surface area contributed by atoms with E-state index in [0.29, 0.717) is 0 Å². The maximum atomic E-state index is 10.3. The van der Waals surface area contributed by atoms with Crippen molar-refractivity contribution in [3.8, 4) is 0 Å². The fraction of sp³-hybridized carbons (Fsp3) is 0.200. The Morgan fingerprint density at radius 3 is 2.64 bits per heavy atom. The summed E-state index contributed by atoms with van der Waals surface area (Å²) in [6.45, 7) is 3.25. The summed E-state index contributed by atoms with van der Waals surface area (Å²) in [5.74, 6) is 0. The van der Waals surface area contributed by atoms with Crippen molar-refractivity contribution in [2.45, 2.75) is 0 Å². The number of rotatable bonds is 2. The van der Waals surface area contributed by atoms with Gasteiger partial charge in [0.2, 0.25) is 0 Å². The minimum absolute atomic E-state index is 0.0164. The molecule has 0 saturated carbocycles. The Bertz CT molecular complexity index is 199. The Balaban J connectivity index is 3.68. The molecule has 6 nitrogen and oxygen atoms in total. The molecule has 0 rings (SSSR count). The number of hydrogen-bond acceptors (Lipinski definition) is 3. The van der Waals surface area contributed by atoms with Crippen LogP contribution in [0.2, 0.25) is 0 Å². The topological polar surface area (TPSA) is 88.3 Å². The summed E-state index contributed by atoms with van der Waals surface area (Å²) in [4.78, 5) is 20.0. The van der Waals surface area contributed by atoms with Crippen LogP contribution < -0.4 is 0 Å². The summed E-state index contributed by atoms with van der Waals surface area (Å²) in [6, 6.07) is 0. The summed E-state index contributed by atoms with van der Waals surface area (Å²) in [5, 5.41) is 13.1. The minimum Gasteiger partial charge on any atom is -0.462 e. The Morgan fingerprint density at radius 2 is 2.18 bits per heavy atom. The van der Waals surface area contributed by atoms with Crippen LogP contribution in [0.5, 0.6) is 0 Å². The molecule has 0 aliphatic carbocycles. The van der Waals surface area contributed by atoms with E-state index in [4.69, 9.17) is 5.11 Å². The molecule has 0 spiro atoms. The lowest BCUT2D eigenvalue weighted by Crippen LogP contribution is -1.98. The van der Waals surface area contributed by atoms with Gasteiger partial charge in [-0.05, 0) is 0 Å². The van der Waals surface area contributed by atoms with Gasteiger partial charge in [0.15, 0.2) is 0 Å². The molecule has 1 N–H and O–H groups in total. The van der Waals surface area contributed by atoms with Crippen LogP contribution >= 0.6 is 0 Å². The molecule has 0 heterocycles. The highest BCUT2D eigenvalue weighted by atomic mass is 16.5. The Hall–Kier alpha value is -1.72. The maximum Gasteiger partial charge on any atom is 0.452 e. The van der Waals surface area contributed by atoms with E-state index in [0.717, 1.165) is 0 Å². The van der Waals surface area contributed by atoms with E-state index < -0.39 is 12.2 Å². The molecule has 6 heteroatoms. The van der Waals surface area contributed by atoms with Gasteiger partial charge in [-0.3, -0.25) is 0 Å². The van der Waals surface area contributed by atoms with E-state index in [-0.39, 0.29) is 6.61 Å². The van der Waals surface area contributed by atoms with Crippen molar-refractivity contribution < 1.29 is 19.4 Å². The number of azo groups is 1. The maximum absolute atomic E-state index is 10.3. The molecule has 11 heavy (non-hydrogen) atoms. The predicted octanol–water partition coefficient (Wildman–Crippen LogP) is 1.44. The fourth-order valence-corrected chi connectivity index (χ4v) is 0.243. The monoisotopic (exact) mass is 158 g/mol. The first-order valence-electron chi connectivity index (χ1n) is 2.59. The van der Waals surface area contributed by atoms with Gasteiger partial charge < -0.3 is 9.84 Å². The SMILES string of the molecule is C=CCOC(=O)N=NC(=O)O. The van der Waals surface area contributed by atoms with Gasteiger partial charge in [-0.15, -0.1) is 0 Å². The molecular weight excluding hydrogens is 152 g/mol. The quantitative estimate of drug-likeness (QED) is 0.486. The molecule has 0 saturated heterocycles. The zero-order valence-electron chi connectivity index (χ0n) is 5.56. The van der Waals surface area contributed by atoms with Gasteiger partial charge >= 0.3 is 12.2 Å². The Labute approximate surface area is 62.2 Å². The molecule has 0 aromatic heterocycles. The first kappa shape index (κ1) is 9.28. The van der Waals surface area contributed by atoms with Gasteiger partial charge in [-0.2, -0.15) is 0 Å². The van der Waals surface area contributed by atoms with Crippen molar-refractivity contribution in [2.24, 2.45) is 10.2 Å². The molecule has 0 fully saturated rings. The Morgan fingerprint density at radius 1 is 1.55 bits per heavy atom. The second-order valence-electron chi connectivity index (χ2n) is 1.35. The largest absolute Gasteiger partial charge is 0.462 e. The number of nitrogens with zero attached hydrogens (tertiary/aromatic N) is 2. The zero-order valence-corrected chi connectivity index (χ0v) is 5.56. The van der Waals surface area contributed by atoms with Gasteiger partial charge in [-0.1, -0.05) is 22.9 Å². The van der Waals surface area contributed by atoms with E-state index in [9.17, 15) is 9.59 Å². The number of carbonyl (C=O) groups excluding carboxylic acids is 1. The predicted molar refractivity (Wildman–Crippen MR) is 34.4 cm³/mol. The highest BCUT2D eigenvalue weighted by Crippen LogP contribution is 1.85. The van der Waals surface area contributed by atoms with Crippen molar-refractivity contribution in [3.63, 3.8) is 0 Å². The van der Waals surface area contributed by atoms with Gasteiger partial charge in [0.25, 0.3) is 0 Å². The smallest absolute Gasteiger partial charge is 0.452 e. The van der Waals surface area contributed by atoms with Gasteiger partial charge in [0, 0.05) is 0 Å². The third-order valence-corrected chi connectivity index (χ3v) is 0.542. The molecule has 0 bridgehead atoms. The third-order valence-electron chi connectivity index (χ3n) is 0.542. The van der Waals surface area contributed by atoms with Crippen molar-refractivity contribution in [1.29, 1.82) is 0 Å². The molecular formula is C5H6N2O4. The van der Waals surface area contributed by atoms with Crippen LogP contribution in [-0.4, -0.2) is 23.9 Å². The lowest BCUT2D eigenvalue weighted by Gasteiger charge is -1.91. The second-order valence-corrected chi connectivity index (χ2v) is 1.35. The second kappa shape index (κ2) is 5.10. The summed E-state index contributed by atoms with van der Waals surface area (Å²) in [7, 11) is 0. The Kier molecular flexibility index (Phi) is 4.30. The van der Waals surface area contributed by atoms with Crippen LogP contribution in [0.15, 0.2) is 22.9 Å². The van der Waals surface area contributed by atoms with Crippen molar-refractivity contribution >= 4 is 12.2 Å². The summed E-state index contributed by atoms with van der Waals surface area (Å²) in [5.41, 5.74) is 0. The third kappa shape index (κ3) is 6.16. The number of ether oxygens (including phenoxy) is 1. The van der Waals surface area contributed by atoms with Crippen LogP contribution in [0.4, 0.5) is 9.59 Å². The van der Waals surface area contributed by atoms with Gasteiger partial charge in [0.05, 0.1) is 0 Å². The molecule has 60 valence electrons. The van der Waals surface area contributed by atoms with E-state index in [1.807, 2.05) is 0 Å². The van der Waals surface area contributed by atoms with Crippen molar-refractivity contribution in [3.05, 3.63) is 12.7 Å². The number of carboxylic acid groups (broad SMARTS) is 1. The number of carbonyl (C=O) groups is 2. The summed E-state index contributed by atoms with van der Waals surface area (Å²) >= 11 is 0. The zero-order chi connectivity index (χ0) is 8.69. The van der Waals surface area contributed by atoms with E-state index in [1.165, 1.54) is 6.08 Å². The van der Waals surface area contributed by atoms with Crippen LogP contribution in [0, 0.1) is 0 Å². The van der Waals surface area contributed by atoms with E-state index in [1.54, 1.807) is 0 Å². The lowest BCUT2D eigenvalue weighted by molar-refractivity contribution is 0.165. The van der Waals surface area contributed by atoms with E-state index in [2.05, 4.69) is 21.5 Å². The van der Waals surface area contributed by atoms with Crippen molar-refractivity contribution in [1.82, 2.24) is 0 Å². The normalized spacial score (nSPS) is 9.45. The lowest BCUT2D eigenvalue weighted by atomic mass is 10.7. The molecule has 0 aliphatic heterocycles. The molecule has 0 radical (unpaired) electrons. The summed E-state index contributed by atoms with van der Waals surface area (Å²) in [6.07, 6.45) is -1.26. The standard InChI is InChI=1S/C5H6N2O4/c1-2-3-11-5(10)7-6-4(8)9/h2H,1,3H2,(H,8,9). The summed E-state index contributed by atoms with van der Waals surface area (Å²) < 4.78 is 4.26. The highest BCUT2D eigenvalue weighted by Gasteiger charge is 1.97. The minimum atomic E-state index is -1.54. The van der Waals surface area contributed by atoms with Gasteiger partial charge in [0.1, 0.15) is 6.61 Å². The van der Waals surface area contributed by atoms with Gasteiger partial charge in [-0.25, -0.2) is 9.59 Å². The van der Waals surface area contributed by atoms with Crippen molar-refractivity contribution in [2.75, 3.05) is 6.61 Å². The first-order valence-corrected chi connectivity index (χ1v) is 2.59. The van der Waals surface area contributed by atoms with Crippen LogP contribution in [0.1, 0.15) is 0 Å².